The quantitative estimate of drug-likeness (QED) is 0.326. The van der Waals surface area contributed by atoms with E-state index in [9.17, 15) is 4.79 Å². The van der Waals surface area contributed by atoms with Gasteiger partial charge in [-0.2, -0.15) is 0 Å². The molecule has 0 bridgehead atoms. The summed E-state index contributed by atoms with van der Waals surface area (Å²) in [5, 5.41) is 0. The third-order valence-electron chi connectivity index (χ3n) is 7.10. The van der Waals surface area contributed by atoms with Gasteiger partial charge in [0.05, 0.1) is 0 Å². The molecule has 2 aliphatic rings. The van der Waals surface area contributed by atoms with Gasteiger partial charge in [-0.25, -0.2) is 4.99 Å². The van der Waals surface area contributed by atoms with Crippen molar-refractivity contribution in [1.29, 1.82) is 0 Å². The zero-order chi connectivity index (χ0) is 27.7. The number of carbonyl (C=O) groups excluding carboxylic acids is 1. The molecule has 0 aromatic heterocycles. The second kappa shape index (κ2) is 14.0. The van der Waals surface area contributed by atoms with E-state index < -0.39 is 0 Å². The van der Waals surface area contributed by atoms with Gasteiger partial charge in [-0.1, -0.05) is 37.4 Å². The fraction of sp³-hybridized carbons (Fsp3) is 0.438. The van der Waals surface area contributed by atoms with Gasteiger partial charge in [0.1, 0.15) is 5.82 Å². The smallest absolute Gasteiger partial charge is 0.254 e. The van der Waals surface area contributed by atoms with Crippen molar-refractivity contribution in [3.05, 3.63) is 95.0 Å². The summed E-state index contributed by atoms with van der Waals surface area (Å²) in [6.45, 7) is 25.8. The lowest BCUT2D eigenvalue weighted by atomic mass is 10.0. The van der Waals surface area contributed by atoms with Crippen molar-refractivity contribution < 1.29 is 4.79 Å². The van der Waals surface area contributed by atoms with Crippen molar-refractivity contribution in [2.24, 2.45) is 4.99 Å². The van der Waals surface area contributed by atoms with Crippen molar-refractivity contribution in [3.63, 3.8) is 0 Å². The van der Waals surface area contributed by atoms with Gasteiger partial charge in [0.15, 0.2) is 0 Å². The maximum absolute atomic E-state index is 13.5. The van der Waals surface area contributed by atoms with Crippen molar-refractivity contribution in [2.45, 2.75) is 41.2 Å². The average Bonchev–Trinajstić information content (AvgIpc) is 2.91. The zero-order valence-electron chi connectivity index (χ0n) is 24.0. The van der Waals surface area contributed by atoms with Gasteiger partial charge in [0.25, 0.3) is 5.91 Å². The average molecular weight is 516 g/mol. The van der Waals surface area contributed by atoms with E-state index in [-0.39, 0.29) is 5.91 Å². The Morgan fingerprint density at radius 3 is 2.16 bits per heavy atom. The van der Waals surface area contributed by atoms with E-state index in [1.54, 1.807) is 6.21 Å². The van der Waals surface area contributed by atoms with Crippen LogP contribution in [0, 0.1) is 6.92 Å². The van der Waals surface area contributed by atoms with Gasteiger partial charge in [0.2, 0.25) is 0 Å². The third-order valence-corrected chi connectivity index (χ3v) is 7.10. The van der Waals surface area contributed by atoms with Crippen LogP contribution in [-0.2, 0) is 6.54 Å². The van der Waals surface area contributed by atoms with Crippen molar-refractivity contribution in [3.8, 4) is 0 Å². The molecule has 1 aromatic rings. The molecule has 38 heavy (non-hydrogen) atoms. The van der Waals surface area contributed by atoms with Crippen LogP contribution in [0.25, 0.3) is 0 Å². The Kier molecular flexibility index (Phi) is 10.7. The van der Waals surface area contributed by atoms with Crippen molar-refractivity contribution in [2.75, 3.05) is 52.4 Å². The summed E-state index contributed by atoms with van der Waals surface area (Å²) in [5.74, 6) is 1.06. The summed E-state index contributed by atoms with van der Waals surface area (Å²) in [4.78, 5) is 27.2. The molecule has 3 rings (SSSR count). The Balaban J connectivity index is 1.60. The van der Waals surface area contributed by atoms with E-state index >= 15 is 0 Å². The summed E-state index contributed by atoms with van der Waals surface area (Å²) in [5.41, 5.74) is 6.29. The molecule has 0 unspecified atom stereocenters. The maximum atomic E-state index is 13.5. The molecule has 0 aliphatic carbocycles. The molecular weight excluding hydrogens is 470 g/mol. The van der Waals surface area contributed by atoms with Crippen molar-refractivity contribution in [1.82, 2.24) is 19.6 Å². The minimum Gasteiger partial charge on any atom is -0.369 e. The highest BCUT2D eigenvalue weighted by molar-refractivity contribution is 5.96. The van der Waals surface area contributed by atoms with E-state index in [1.807, 2.05) is 38.7 Å². The summed E-state index contributed by atoms with van der Waals surface area (Å²) in [7, 11) is 0. The second-order valence-electron chi connectivity index (χ2n) is 10.3. The van der Waals surface area contributed by atoms with E-state index in [0.717, 1.165) is 73.9 Å². The molecular formula is C32H45N5O. The van der Waals surface area contributed by atoms with Crippen LogP contribution in [0.3, 0.4) is 0 Å². The highest BCUT2D eigenvalue weighted by Crippen LogP contribution is 2.21. The Morgan fingerprint density at radius 2 is 1.58 bits per heavy atom. The number of hydrogen-bond donors (Lipinski definition) is 0. The number of aryl methyl sites for hydroxylation is 1. The summed E-state index contributed by atoms with van der Waals surface area (Å²) in [6, 6.07) is 6.37. The predicted molar refractivity (Wildman–Crippen MR) is 160 cm³/mol. The highest BCUT2D eigenvalue weighted by Gasteiger charge is 2.25. The molecule has 1 amide bonds. The van der Waals surface area contributed by atoms with Crippen LogP contribution in [0.4, 0.5) is 0 Å². The van der Waals surface area contributed by atoms with Gasteiger partial charge >= 0.3 is 0 Å². The SMILES string of the molecule is C=C(C)/C=N\C(=C/C)N1CCN(C(=O)c2cc(CN3CCN(/C(=C/C=C\C)C(=C)C)CC3)ccc2C)CC1. The fourth-order valence-corrected chi connectivity index (χ4v) is 4.93. The predicted octanol–water partition coefficient (Wildman–Crippen LogP) is 5.41. The number of hydrogen-bond acceptors (Lipinski definition) is 5. The van der Waals surface area contributed by atoms with Gasteiger partial charge in [-0.05, 0) is 75.1 Å². The number of allylic oxidation sites excluding steroid dienone is 6. The number of aliphatic imine (C=N–C) groups is 1. The number of piperazine rings is 2. The van der Waals surface area contributed by atoms with Gasteiger partial charge in [0, 0.05) is 76.4 Å². The van der Waals surface area contributed by atoms with Crippen LogP contribution in [0.15, 0.2) is 83.3 Å². The lowest BCUT2D eigenvalue weighted by Crippen LogP contribution is -2.48. The second-order valence-corrected chi connectivity index (χ2v) is 10.3. The molecule has 0 N–H and O–H groups in total. The van der Waals surface area contributed by atoms with E-state index in [1.165, 1.54) is 11.3 Å². The summed E-state index contributed by atoms with van der Waals surface area (Å²) in [6.07, 6.45) is 10.1. The number of benzene rings is 1. The number of nitrogens with zero attached hydrogens (tertiary/aromatic N) is 5. The molecule has 1 aromatic carbocycles. The standard InChI is InChI=1S/C32H45N5O/c1-8-10-11-30(26(5)6)35-16-14-34(15-17-35)24-28-13-12-27(7)29(22-28)32(38)37-20-18-36(19-21-37)31(9-2)33-23-25(3)4/h8-13,22-23H,3,5,14-21,24H2,1-2,4,6-7H3/b10-8-,30-11+,31-9+,33-23-. The fourth-order valence-electron chi connectivity index (χ4n) is 4.93. The Morgan fingerprint density at radius 1 is 0.947 bits per heavy atom. The molecule has 2 fully saturated rings. The summed E-state index contributed by atoms with van der Waals surface area (Å²) >= 11 is 0. The van der Waals surface area contributed by atoms with Crippen LogP contribution in [0.1, 0.15) is 49.2 Å². The molecule has 2 heterocycles. The van der Waals surface area contributed by atoms with Gasteiger partial charge in [-0.15, -0.1) is 0 Å². The number of carbonyl (C=O) groups is 1. The maximum Gasteiger partial charge on any atom is 0.254 e. The first-order valence-corrected chi connectivity index (χ1v) is 13.7. The number of amides is 1. The normalized spacial score (nSPS) is 18.1. The van der Waals surface area contributed by atoms with Crippen molar-refractivity contribution >= 4 is 12.1 Å². The molecule has 2 saturated heterocycles. The van der Waals surface area contributed by atoms with Crippen LogP contribution < -0.4 is 0 Å². The molecule has 6 heteroatoms. The zero-order valence-corrected chi connectivity index (χ0v) is 24.0. The molecule has 0 radical (unpaired) electrons. The van der Waals surface area contributed by atoms with E-state index in [0.29, 0.717) is 13.1 Å². The Labute approximate surface area is 230 Å². The first-order valence-electron chi connectivity index (χ1n) is 13.7. The Hall–Kier alpha value is -3.38. The summed E-state index contributed by atoms with van der Waals surface area (Å²) < 4.78 is 0. The number of rotatable bonds is 9. The lowest BCUT2D eigenvalue weighted by Gasteiger charge is -2.38. The minimum absolute atomic E-state index is 0.126. The minimum atomic E-state index is 0.126. The van der Waals surface area contributed by atoms with E-state index in [4.69, 9.17) is 0 Å². The first kappa shape index (κ1) is 29.2. The van der Waals surface area contributed by atoms with Crippen LogP contribution >= 0.6 is 0 Å². The van der Waals surface area contributed by atoms with Crippen LogP contribution in [0.2, 0.25) is 0 Å². The third kappa shape index (κ3) is 7.81. The highest BCUT2D eigenvalue weighted by atomic mass is 16.2. The largest absolute Gasteiger partial charge is 0.369 e. The molecule has 204 valence electrons. The van der Waals surface area contributed by atoms with Gasteiger partial charge < -0.3 is 14.7 Å². The molecule has 0 saturated carbocycles. The molecule has 0 atom stereocenters. The monoisotopic (exact) mass is 515 g/mol. The Bertz CT molecular complexity index is 1130. The van der Waals surface area contributed by atoms with E-state index in [2.05, 4.69) is 76.2 Å². The first-order chi connectivity index (χ1) is 18.2. The molecule has 6 nitrogen and oxygen atoms in total. The van der Waals surface area contributed by atoms with Gasteiger partial charge in [-0.3, -0.25) is 9.69 Å². The lowest BCUT2D eigenvalue weighted by molar-refractivity contribution is 0.0667. The van der Waals surface area contributed by atoms with Crippen LogP contribution in [-0.4, -0.2) is 84.1 Å². The molecule has 0 spiro atoms. The molecule has 2 aliphatic heterocycles. The topological polar surface area (TPSA) is 42.4 Å². The van der Waals surface area contributed by atoms with Crippen LogP contribution in [0.5, 0.6) is 0 Å².